The van der Waals surface area contributed by atoms with Crippen molar-refractivity contribution < 1.29 is 18.0 Å². The van der Waals surface area contributed by atoms with Gasteiger partial charge in [0.05, 0.1) is 18.1 Å². The van der Waals surface area contributed by atoms with E-state index < -0.39 is 21.9 Å². The Bertz CT molecular complexity index is 846. The number of nitrogens with zero attached hydrogens (tertiary/aromatic N) is 2. The molecule has 0 aliphatic carbocycles. The van der Waals surface area contributed by atoms with Gasteiger partial charge in [-0.1, -0.05) is 38.1 Å². The molecule has 1 aromatic carbocycles. The molecule has 2 aliphatic heterocycles. The van der Waals surface area contributed by atoms with Gasteiger partial charge < -0.3 is 5.32 Å². The summed E-state index contributed by atoms with van der Waals surface area (Å²) in [4.78, 5) is 28.5. The first-order valence-corrected chi connectivity index (χ1v) is 12.4. The van der Waals surface area contributed by atoms with Crippen molar-refractivity contribution >= 4 is 21.8 Å². The molecule has 2 saturated heterocycles. The summed E-state index contributed by atoms with van der Waals surface area (Å²) in [5.41, 5.74) is 2.63. The standard InChI is InChI=1S/C21H32N4O4S/c1-16(2)18-5-3-17(4-6-18)13-24-8-10-25(11-9-24)14-20(26)23-21(27)22-19-7-12-30(28,29)15-19/h3-6,16,19H,7-15H2,1-2H3,(H2,22,23,26,27)/t19-/m1/s1. The average molecular weight is 437 g/mol. The molecule has 1 aromatic rings. The smallest absolute Gasteiger partial charge is 0.321 e. The Kier molecular flexibility index (Phi) is 7.49. The van der Waals surface area contributed by atoms with Crippen LogP contribution in [-0.2, 0) is 21.2 Å². The van der Waals surface area contributed by atoms with Gasteiger partial charge in [0, 0.05) is 38.8 Å². The third-order valence-corrected chi connectivity index (χ3v) is 7.47. The van der Waals surface area contributed by atoms with E-state index >= 15 is 0 Å². The Balaban J connectivity index is 1.35. The van der Waals surface area contributed by atoms with Crippen LogP contribution in [-0.4, -0.2) is 80.4 Å². The van der Waals surface area contributed by atoms with E-state index in [1.807, 2.05) is 4.90 Å². The van der Waals surface area contributed by atoms with Crippen LogP contribution in [0.25, 0.3) is 0 Å². The van der Waals surface area contributed by atoms with Crippen LogP contribution >= 0.6 is 0 Å². The molecule has 8 nitrogen and oxygen atoms in total. The van der Waals surface area contributed by atoms with Crippen molar-refractivity contribution in [2.45, 2.75) is 38.8 Å². The van der Waals surface area contributed by atoms with Crippen LogP contribution in [0.2, 0.25) is 0 Å². The molecule has 0 unspecified atom stereocenters. The van der Waals surface area contributed by atoms with E-state index in [2.05, 4.69) is 53.6 Å². The molecule has 0 spiro atoms. The van der Waals surface area contributed by atoms with Crippen molar-refractivity contribution in [3.63, 3.8) is 0 Å². The minimum Gasteiger partial charge on any atom is -0.334 e. The van der Waals surface area contributed by atoms with Crippen LogP contribution in [0.1, 0.15) is 37.3 Å². The van der Waals surface area contributed by atoms with E-state index in [4.69, 9.17) is 0 Å². The SMILES string of the molecule is CC(C)c1ccc(CN2CCN(CC(=O)NC(=O)N[C@@H]3CCS(=O)(=O)C3)CC2)cc1. The molecule has 3 amide bonds. The summed E-state index contributed by atoms with van der Waals surface area (Å²) in [5, 5.41) is 4.88. The predicted octanol–water partition coefficient (Wildman–Crippen LogP) is 0.941. The Labute approximate surface area is 178 Å². The summed E-state index contributed by atoms with van der Waals surface area (Å²) in [6, 6.07) is 7.71. The largest absolute Gasteiger partial charge is 0.334 e. The molecule has 2 N–H and O–H groups in total. The first-order chi connectivity index (χ1) is 14.2. The van der Waals surface area contributed by atoms with Gasteiger partial charge in [-0.05, 0) is 23.5 Å². The fraction of sp³-hybridized carbons (Fsp3) is 0.619. The molecular formula is C21H32N4O4S. The Morgan fingerprint density at radius 3 is 2.27 bits per heavy atom. The zero-order chi connectivity index (χ0) is 21.7. The molecule has 1 atom stereocenters. The minimum atomic E-state index is -3.07. The number of imide groups is 1. The third-order valence-electron chi connectivity index (χ3n) is 5.71. The van der Waals surface area contributed by atoms with Crippen molar-refractivity contribution in [2.75, 3.05) is 44.2 Å². The monoisotopic (exact) mass is 436 g/mol. The van der Waals surface area contributed by atoms with Crippen molar-refractivity contribution in [1.82, 2.24) is 20.4 Å². The highest BCUT2D eigenvalue weighted by atomic mass is 32.2. The minimum absolute atomic E-state index is 0.0588. The number of urea groups is 1. The second kappa shape index (κ2) is 9.89. The van der Waals surface area contributed by atoms with Gasteiger partial charge in [-0.15, -0.1) is 0 Å². The van der Waals surface area contributed by atoms with E-state index in [9.17, 15) is 18.0 Å². The number of amides is 3. The molecule has 9 heteroatoms. The number of benzene rings is 1. The van der Waals surface area contributed by atoms with E-state index in [-0.39, 0.29) is 24.0 Å². The summed E-state index contributed by atoms with van der Waals surface area (Å²) in [7, 11) is -3.07. The van der Waals surface area contributed by atoms with Gasteiger partial charge in [0.25, 0.3) is 0 Å². The molecule has 0 bridgehead atoms. The Hall–Kier alpha value is -1.97. The summed E-state index contributed by atoms with van der Waals surface area (Å²) in [5.74, 6) is 0.183. The normalized spacial score (nSPS) is 22.2. The van der Waals surface area contributed by atoms with Crippen molar-refractivity contribution in [3.05, 3.63) is 35.4 Å². The van der Waals surface area contributed by atoms with Gasteiger partial charge in [0.1, 0.15) is 0 Å². The van der Waals surface area contributed by atoms with Gasteiger partial charge in [-0.3, -0.25) is 19.9 Å². The summed E-state index contributed by atoms with van der Waals surface area (Å²) < 4.78 is 22.9. The highest BCUT2D eigenvalue weighted by Crippen LogP contribution is 2.16. The maximum atomic E-state index is 12.1. The lowest BCUT2D eigenvalue weighted by Crippen LogP contribution is -2.51. The number of hydrogen-bond acceptors (Lipinski definition) is 6. The second-order valence-electron chi connectivity index (χ2n) is 8.57. The summed E-state index contributed by atoms with van der Waals surface area (Å²) >= 11 is 0. The zero-order valence-electron chi connectivity index (χ0n) is 17.8. The van der Waals surface area contributed by atoms with Crippen LogP contribution in [0.4, 0.5) is 4.79 Å². The first kappa shape index (κ1) is 22.7. The van der Waals surface area contributed by atoms with Gasteiger partial charge in [-0.25, -0.2) is 13.2 Å². The second-order valence-corrected chi connectivity index (χ2v) is 10.8. The molecular weight excluding hydrogens is 404 g/mol. The topological polar surface area (TPSA) is 98.8 Å². The maximum absolute atomic E-state index is 12.1. The van der Waals surface area contributed by atoms with Crippen molar-refractivity contribution in [1.29, 1.82) is 0 Å². The van der Waals surface area contributed by atoms with Crippen LogP contribution in [0.15, 0.2) is 24.3 Å². The number of carbonyl (C=O) groups is 2. The maximum Gasteiger partial charge on any atom is 0.321 e. The Morgan fingerprint density at radius 2 is 1.70 bits per heavy atom. The average Bonchev–Trinajstić information content (AvgIpc) is 3.01. The van der Waals surface area contributed by atoms with E-state index in [0.717, 1.165) is 32.7 Å². The highest BCUT2D eigenvalue weighted by molar-refractivity contribution is 7.91. The molecule has 2 aliphatic rings. The van der Waals surface area contributed by atoms with E-state index in [1.165, 1.54) is 11.1 Å². The van der Waals surface area contributed by atoms with Crippen LogP contribution in [0.3, 0.4) is 0 Å². The third kappa shape index (κ3) is 6.78. The number of hydrogen-bond donors (Lipinski definition) is 2. The summed E-state index contributed by atoms with van der Waals surface area (Å²) in [6.45, 7) is 8.69. The van der Waals surface area contributed by atoms with Crippen LogP contribution in [0.5, 0.6) is 0 Å². The highest BCUT2D eigenvalue weighted by Gasteiger charge is 2.29. The molecule has 0 radical (unpaired) electrons. The molecule has 3 rings (SSSR count). The lowest BCUT2D eigenvalue weighted by molar-refractivity contribution is -0.121. The molecule has 0 aromatic heterocycles. The lowest BCUT2D eigenvalue weighted by Gasteiger charge is -2.34. The fourth-order valence-corrected chi connectivity index (χ4v) is 5.54. The molecule has 2 heterocycles. The zero-order valence-corrected chi connectivity index (χ0v) is 18.6. The van der Waals surface area contributed by atoms with Gasteiger partial charge in [0.15, 0.2) is 9.84 Å². The van der Waals surface area contributed by atoms with Crippen molar-refractivity contribution in [2.24, 2.45) is 0 Å². The van der Waals surface area contributed by atoms with Crippen LogP contribution in [0, 0.1) is 0 Å². The van der Waals surface area contributed by atoms with E-state index in [0.29, 0.717) is 12.3 Å². The van der Waals surface area contributed by atoms with Crippen LogP contribution < -0.4 is 10.6 Å². The number of carbonyl (C=O) groups excluding carboxylic acids is 2. The van der Waals surface area contributed by atoms with Gasteiger partial charge >= 0.3 is 6.03 Å². The van der Waals surface area contributed by atoms with Crippen molar-refractivity contribution in [3.8, 4) is 0 Å². The quantitative estimate of drug-likeness (QED) is 0.689. The number of nitrogens with one attached hydrogen (secondary N) is 2. The lowest BCUT2D eigenvalue weighted by atomic mass is 10.0. The molecule has 2 fully saturated rings. The van der Waals surface area contributed by atoms with Gasteiger partial charge in [-0.2, -0.15) is 0 Å². The molecule has 30 heavy (non-hydrogen) atoms. The summed E-state index contributed by atoms with van der Waals surface area (Å²) in [6.07, 6.45) is 0.395. The number of sulfone groups is 1. The first-order valence-electron chi connectivity index (χ1n) is 10.5. The molecule has 0 saturated carbocycles. The number of rotatable bonds is 6. The predicted molar refractivity (Wildman–Crippen MR) is 116 cm³/mol. The fourth-order valence-electron chi connectivity index (χ4n) is 3.87. The van der Waals surface area contributed by atoms with E-state index in [1.54, 1.807) is 0 Å². The Morgan fingerprint density at radius 1 is 1.07 bits per heavy atom. The van der Waals surface area contributed by atoms with Gasteiger partial charge in [0.2, 0.25) is 5.91 Å². The number of piperazine rings is 1. The molecule has 166 valence electrons.